The highest BCUT2D eigenvalue weighted by atomic mass is 15.1. The summed E-state index contributed by atoms with van der Waals surface area (Å²) in [6.45, 7) is 0. The summed E-state index contributed by atoms with van der Waals surface area (Å²) in [6, 6.07) is 49.2. The van der Waals surface area contributed by atoms with Crippen LogP contribution < -0.4 is 0 Å². The second-order valence-electron chi connectivity index (χ2n) is 10.3. The van der Waals surface area contributed by atoms with Crippen molar-refractivity contribution in [1.29, 1.82) is 0 Å². The highest BCUT2D eigenvalue weighted by molar-refractivity contribution is 6.18. The fourth-order valence-corrected chi connectivity index (χ4v) is 5.97. The molecule has 0 bridgehead atoms. The fourth-order valence-electron chi connectivity index (χ4n) is 5.97. The maximum Gasteiger partial charge on any atom is 0.234 e. The minimum Gasteiger partial charge on any atom is -0.277 e. The molecule has 6 aromatic carbocycles. The topological polar surface area (TPSA) is 30.7 Å². The van der Waals surface area contributed by atoms with E-state index in [0.29, 0.717) is 5.95 Å². The molecule has 3 nitrogen and oxygen atoms in total. The molecule has 0 aliphatic rings. The second kappa shape index (κ2) is 9.58. The van der Waals surface area contributed by atoms with E-state index in [1.165, 1.54) is 43.8 Å². The van der Waals surface area contributed by atoms with Crippen molar-refractivity contribution in [1.82, 2.24) is 14.5 Å². The van der Waals surface area contributed by atoms with Crippen LogP contribution in [-0.2, 0) is 0 Å². The van der Waals surface area contributed by atoms with E-state index in [0.717, 1.165) is 22.2 Å². The average Bonchev–Trinajstić information content (AvgIpc) is 3.40. The van der Waals surface area contributed by atoms with Gasteiger partial charge in [-0.3, -0.25) is 4.57 Å². The minimum absolute atomic E-state index is 0.671. The van der Waals surface area contributed by atoms with Gasteiger partial charge in [0.2, 0.25) is 5.95 Å². The lowest BCUT2D eigenvalue weighted by molar-refractivity contribution is 0.992. The standard InChI is InChI=1S/C38H25N3/c1-2-10-27(11-3-1)31-13-6-7-14-32(31)29-20-18-26(19-21-29)30-24-39-38(40-25-30)41-36-17-9-8-16-34(36)35-23-22-28-12-4-5-15-33(28)37(35)41/h1-25H. The molecule has 192 valence electrons. The highest BCUT2D eigenvalue weighted by Crippen LogP contribution is 2.36. The molecule has 2 aromatic heterocycles. The summed E-state index contributed by atoms with van der Waals surface area (Å²) in [7, 11) is 0. The van der Waals surface area contributed by atoms with Crippen molar-refractivity contribution >= 4 is 32.6 Å². The highest BCUT2D eigenvalue weighted by Gasteiger charge is 2.16. The van der Waals surface area contributed by atoms with Gasteiger partial charge in [-0.2, -0.15) is 0 Å². The Morgan fingerprint density at radius 3 is 1.73 bits per heavy atom. The Bertz CT molecular complexity index is 2180. The first-order valence-corrected chi connectivity index (χ1v) is 13.8. The van der Waals surface area contributed by atoms with Crippen LogP contribution in [0, 0.1) is 0 Å². The normalized spacial score (nSPS) is 11.4. The van der Waals surface area contributed by atoms with E-state index in [9.17, 15) is 0 Å². The van der Waals surface area contributed by atoms with Gasteiger partial charge in [0.25, 0.3) is 0 Å². The van der Waals surface area contributed by atoms with Gasteiger partial charge in [0.15, 0.2) is 0 Å². The maximum atomic E-state index is 4.89. The lowest BCUT2D eigenvalue weighted by Gasteiger charge is -2.11. The molecule has 0 amide bonds. The van der Waals surface area contributed by atoms with Crippen molar-refractivity contribution in [3.05, 3.63) is 152 Å². The van der Waals surface area contributed by atoms with Gasteiger partial charge in [-0.15, -0.1) is 0 Å². The number of hydrogen-bond acceptors (Lipinski definition) is 2. The van der Waals surface area contributed by atoms with Gasteiger partial charge in [0, 0.05) is 34.1 Å². The Labute approximate surface area is 238 Å². The summed E-state index contributed by atoms with van der Waals surface area (Å²) in [5.41, 5.74) is 9.17. The molecule has 2 heterocycles. The lowest BCUT2D eigenvalue weighted by Crippen LogP contribution is -2.01. The SMILES string of the molecule is c1ccc(-c2ccccc2-c2ccc(-c3cnc(-n4c5ccccc5c5ccc6ccccc6c54)nc3)cc2)cc1. The molecule has 8 aromatic rings. The number of hydrogen-bond donors (Lipinski definition) is 0. The van der Waals surface area contributed by atoms with Crippen molar-refractivity contribution in [2.45, 2.75) is 0 Å². The molecule has 0 unspecified atom stereocenters. The lowest BCUT2D eigenvalue weighted by atomic mass is 9.94. The first-order chi connectivity index (χ1) is 20.3. The third-order valence-corrected chi connectivity index (χ3v) is 7.94. The van der Waals surface area contributed by atoms with Gasteiger partial charge in [-0.25, -0.2) is 9.97 Å². The molecule has 0 N–H and O–H groups in total. The number of benzene rings is 6. The molecule has 8 rings (SSSR count). The minimum atomic E-state index is 0.671. The van der Waals surface area contributed by atoms with Crippen molar-refractivity contribution in [2.24, 2.45) is 0 Å². The van der Waals surface area contributed by atoms with Crippen LogP contribution in [0.3, 0.4) is 0 Å². The number of rotatable bonds is 4. The van der Waals surface area contributed by atoms with Gasteiger partial charge in [0.1, 0.15) is 0 Å². The smallest absolute Gasteiger partial charge is 0.234 e. The fraction of sp³-hybridized carbons (Fsp3) is 0. The van der Waals surface area contributed by atoms with E-state index >= 15 is 0 Å². The monoisotopic (exact) mass is 523 g/mol. The van der Waals surface area contributed by atoms with Crippen molar-refractivity contribution in [2.75, 3.05) is 0 Å². The van der Waals surface area contributed by atoms with E-state index in [1.54, 1.807) is 0 Å². The molecule has 0 fully saturated rings. The summed E-state index contributed by atoms with van der Waals surface area (Å²) < 4.78 is 2.19. The Hall–Kier alpha value is -5.54. The Morgan fingerprint density at radius 2 is 0.976 bits per heavy atom. The predicted molar refractivity (Wildman–Crippen MR) is 170 cm³/mol. The van der Waals surface area contributed by atoms with Crippen LogP contribution in [0.4, 0.5) is 0 Å². The van der Waals surface area contributed by atoms with Crippen molar-refractivity contribution in [3.63, 3.8) is 0 Å². The van der Waals surface area contributed by atoms with E-state index in [4.69, 9.17) is 9.97 Å². The van der Waals surface area contributed by atoms with Crippen LogP contribution >= 0.6 is 0 Å². The van der Waals surface area contributed by atoms with Crippen molar-refractivity contribution in [3.8, 4) is 39.3 Å². The Balaban J connectivity index is 1.19. The molecule has 0 saturated heterocycles. The quantitative estimate of drug-likeness (QED) is 0.230. The summed E-state index contributed by atoms with van der Waals surface area (Å²) in [5, 5.41) is 4.81. The van der Waals surface area contributed by atoms with Crippen LogP contribution in [-0.4, -0.2) is 14.5 Å². The molecule has 0 spiro atoms. The molecule has 0 radical (unpaired) electrons. The average molecular weight is 524 g/mol. The predicted octanol–water partition coefficient (Wildman–Crippen LogP) is 9.73. The van der Waals surface area contributed by atoms with Crippen LogP contribution in [0.5, 0.6) is 0 Å². The van der Waals surface area contributed by atoms with E-state index < -0.39 is 0 Å². The van der Waals surface area contributed by atoms with Crippen LogP contribution in [0.1, 0.15) is 0 Å². The summed E-state index contributed by atoms with van der Waals surface area (Å²) >= 11 is 0. The maximum absolute atomic E-state index is 4.89. The summed E-state index contributed by atoms with van der Waals surface area (Å²) in [5.74, 6) is 0.671. The van der Waals surface area contributed by atoms with E-state index in [2.05, 4.69) is 144 Å². The zero-order chi connectivity index (χ0) is 27.2. The van der Waals surface area contributed by atoms with Gasteiger partial charge in [-0.1, -0.05) is 133 Å². The molecular formula is C38H25N3. The third-order valence-electron chi connectivity index (χ3n) is 7.94. The molecule has 0 aliphatic carbocycles. The zero-order valence-corrected chi connectivity index (χ0v) is 22.3. The van der Waals surface area contributed by atoms with Crippen LogP contribution in [0.15, 0.2) is 152 Å². The van der Waals surface area contributed by atoms with Crippen LogP contribution in [0.2, 0.25) is 0 Å². The summed E-state index contributed by atoms with van der Waals surface area (Å²) in [6.07, 6.45) is 3.86. The molecular weight excluding hydrogens is 498 g/mol. The first kappa shape index (κ1) is 23.4. The second-order valence-corrected chi connectivity index (χ2v) is 10.3. The van der Waals surface area contributed by atoms with Crippen molar-refractivity contribution < 1.29 is 0 Å². The molecule has 0 atom stereocenters. The van der Waals surface area contributed by atoms with Gasteiger partial charge < -0.3 is 0 Å². The van der Waals surface area contributed by atoms with Gasteiger partial charge in [0.05, 0.1) is 11.0 Å². The first-order valence-electron chi connectivity index (χ1n) is 13.8. The zero-order valence-electron chi connectivity index (χ0n) is 22.3. The van der Waals surface area contributed by atoms with Crippen LogP contribution in [0.25, 0.3) is 71.9 Å². The van der Waals surface area contributed by atoms with E-state index in [-0.39, 0.29) is 0 Å². The molecule has 0 saturated carbocycles. The molecule has 3 heteroatoms. The number of nitrogens with zero attached hydrogens (tertiary/aromatic N) is 3. The summed E-state index contributed by atoms with van der Waals surface area (Å²) in [4.78, 5) is 9.78. The Kier molecular flexibility index (Phi) is 5.46. The van der Waals surface area contributed by atoms with E-state index in [1.807, 2.05) is 12.4 Å². The van der Waals surface area contributed by atoms with Gasteiger partial charge in [-0.05, 0) is 39.3 Å². The number of para-hydroxylation sites is 1. The third kappa shape index (κ3) is 3.90. The molecule has 0 aliphatic heterocycles. The van der Waals surface area contributed by atoms with Gasteiger partial charge >= 0.3 is 0 Å². The largest absolute Gasteiger partial charge is 0.277 e. The molecule has 41 heavy (non-hydrogen) atoms. The Morgan fingerprint density at radius 1 is 0.390 bits per heavy atom. The number of aromatic nitrogens is 3. The number of fused-ring (bicyclic) bond motifs is 5.